The van der Waals surface area contributed by atoms with Crippen LogP contribution < -0.4 is 10.7 Å². The van der Waals surface area contributed by atoms with E-state index in [4.69, 9.17) is 0 Å². The van der Waals surface area contributed by atoms with E-state index in [-0.39, 0.29) is 11.1 Å². The monoisotopic (exact) mass is 387 g/mol. The first-order valence-electron chi connectivity index (χ1n) is 9.48. The number of benzene rings is 2. The predicted octanol–water partition coefficient (Wildman–Crippen LogP) is 2.71. The zero-order valence-corrected chi connectivity index (χ0v) is 16.1. The first kappa shape index (κ1) is 18.6. The fourth-order valence-corrected chi connectivity index (χ4v) is 3.26. The van der Waals surface area contributed by atoms with Crippen LogP contribution in [0, 0.1) is 6.92 Å². The number of aryl methyl sites for hydroxylation is 2. The molecule has 2 aromatic carbocycles. The summed E-state index contributed by atoms with van der Waals surface area (Å²) >= 11 is 0. The topological polar surface area (TPSA) is 81.8 Å². The second-order valence-electron chi connectivity index (χ2n) is 6.78. The molecule has 4 rings (SSSR count). The number of hydrogen-bond acceptors (Lipinski definition) is 4. The maximum absolute atomic E-state index is 12.5. The largest absolute Gasteiger partial charge is 0.350 e. The van der Waals surface area contributed by atoms with Crippen molar-refractivity contribution in [3.8, 4) is 5.69 Å². The van der Waals surface area contributed by atoms with Gasteiger partial charge in [-0.05, 0) is 37.6 Å². The molecule has 2 heterocycles. The van der Waals surface area contributed by atoms with Crippen LogP contribution in [0.15, 0.2) is 71.8 Å². The molecule has 0 fully saturated rings. The molecular weight excluding hydrogens is 366 g/mol. The highest BCUT2D eigenvalue weighted by atomic mass is 16.2. The van der Waals surface area contributed by atoms with Gasteiger partial charge >= 0.3 is 0 Å². The molecule has 0 radical (unpaired) electrons. The zero-order valence-electron chi connectivity index (χ0n) is 16.1. The maximum Gasteiger partial charge on any atom is 0.275 e. The fraction of sp³-hybridized carbons (Fsp3) is 0.182. The van der Waals surface area contributed by atoms with Crippen LogP contribution in [0.5, 0.6) is 0 Å². The molecule has 7 nitrogen and oxygen atoms in total. The van der Waals surface area contributed by atoms with Crippen LogP contribution in [0.25, 0.3) is 16.7 Å². The Kier molecular flexibility index (Phi) is 5.20. The van der Waals surface area contributed by atoms with Gasteiger partial charge in [-0.2, -0.15) is 5.10 Å². The van der Waals surface area contributed by atoms with E-state index in [1.54, 1.807) is 17.9 Å². The second-order valence-corrected chi connectivity index (χ2v) is 6.78. The third kappa shape index (κ3) is 3.94. The van der Waals surface area contributed by atoms with E-state index in [1.165, 1.54) is 6.07 Å². The molecule has 0 aliphatic rings. The molecule has 0 spiro atoms. The number of nitrogens with zero attached hydrogens (tertiary/aromatic N) is 4. The minimum atomic E-state index is -0.463. The van der Waals surface area contributed by atoms with Gasteiger partial charge in [-0.3, -0.25) is 9.59 Å². The molecule has 0 bridgehead atoms. The molecule has 0 atom stereocenters. The highest BCUT2D eigenvalue weighted by Crippen LogP contribution is 2.12. The lowest BCUT2D eigenvalue weighted by Crippen LogP contribution is -2.32. The van der Waals surface area contributed by atoms with Gasteiger partial charge in [0.05, 0.1) is 23.0 Å². The summed E-state index contributed by atoms with van der Waals surface area (Å²) in [6.07, 6.45) is 2.51. The van der Waals surface area contributed by atoms with Gasteiger partial charge in [0.25, 0.3) is 5.91 Å². The zero-order chi connectivity index (χ0) is 20.2. The molecule has 0 aliphatic heterocycles. The van der Waals surface area contributed by atoms with Gasteiger partial charge < -0.3 is 9.88 Å². The van der Waals surface area contributed by atoms with Gasteiger partial charge in [-0.15, -0.1) is 0 Å². The molecule has 4 aromatic rings. The van der Waals surface area contributed by atoms with Crippen LogP contribution in [0.2, 0.25) is 0 Å². The average Bonchev–Trinajstić information content (AvgIpc) is 3.15. The summed E-state index contributed by atoms with van der Waals surface area (Å²) in [6, 6.07) is 18.8. The summed E-state index contributed by atoms with van der Waals surface area (Å²) in [5.74, 6) is -0.463. The molecule has 0 saturated carbocycles. The van der Waals surface area contributed by atoms with Crippen molar-refractivity contribution in [3.05, 3.63) is 88.6 Å². The van der Waals surface area contributed by atoms with E-state index >= 15 is 0 Å². The summed E-state index contributed by atoms with van der Waals surface area (Å²) in [5.41, 5.74) is 2.99. The van der Waals surface area contributed by atoms with Crippen molar-refractivity contribution in [2.24, 2.45) is 0 Å². The van der Waals surface area contributed by atoms with Crippen LogP contribution in [0.1, 0.15) is 22.6 Å². The number of fused-ring (bicyclic) bond motifs is 1. The molecule has 2 aromatic heterocycles. The van der Waals surface area contributed by atoms with E-state index in [9.17, 15) is 9.59 Å². The number of aromatic nitrogens is 4. The summed E-state index contributed by atoms with van der Waals surface area (Å²) in [7, 11) is 0. The summed E-state index contributed by atoms with van der Waals surface area (Å²) in [6.45, 7) is 2.95. The Balaban J connectivity index is 1.43. The molecule has 1 amide bonds. The Morgan fingerprint density at radius 1 is 1.07 bits per heavy atom. The summed E-state index contributed by atoms with van der Waals surface area (Å²) in [4.78, 5) is 29.2. The van der Waals surface area contributed by atoms with Crippen molar-refractivity contribution in [3.63, 3.8) is 0 Å². The van der Waals surface area contributed by atoms with Crippen LogP contribution in [0.3, 0.4) is 0 Å². The Morgan fingerprint density at radius 3 is 2.66 bits per heavy atom. The van der Waals surface area contributed by atoms with Gasteiger partial charge in [0.1, 0.15) is 0 Å². The average molecular weight is 387 g/mol. The van der Waals surface area contributed by atoms with Gasteiger partial charge in [0, 0.05) is 24.8 Å². The number of amides is 1. The molecule has 0 unspecified atom stereocenters. The quantitative estimate of drug-likeness (QED) is 0.516. The van der Waals surface area contributed by atoms with Crippen molar-refractivity contribution in [1.29, 1.82) is 0 Å². The smallest absolute Gasteiger partial charge is 0.275 e. The highest BCUT2D eigenvalue weighted by Gasteiger charge is 2.15. The number of nitrogens with one attached hydrogen (secondary N) is 1. The molecule has 0 saturated heterocycles. The normalized spacial score (nSPS) is 10.9. The molecule has 1 N–H and O–H groups in total. The van der Waals surface area contributed by atoms with E-state index in [0.717, 1.165) is 23.3 Å². The number of para-hydroxylation sites is 3. The van der Waals surface area contributed by atoms with Crippen molar-refractivity contribution in [1.82, 2.24) is 24.6 Å². The number of imidazole rings is 1. The van der Waals surface area contributed by atoms with Crippen LogP contribution in [-0.4, -0.2) is 31.8 Å². The van der Waals surface area contributed by atoms with Gasteiger partial charge in [0.2, 0.25) is 5.43 Å². The van der Waals surface area contributed by atoms with E-state index in [1.807, 2.05) is 59.2 Å². The number of rotatable bonds is 6. The molecular formula is C22H21N5O2. The molecule has 0 aliphatic carbocycles. The third-order valence-electron chi connectivity index (χ3n) is 4.71. The van der Waals surface area contributed by atoms with Crippen LogP contribution >= 0.6 is 0 Å². The first-order chi connectivity index (χ1) is 14.1. The van der Waals surface area contributed by atoms with Gasteiger partial charge in [-0.25, -0.2) is 9.67 Å². The maximum atomic E-state index is 12.5. The predicted molar refractivity (Wildman–Crippen MR) is 111 cm³/mol. The lowest BCUT2D eigenvalue weighted by molar-refractivity contribution is 0.0945. The number of carbonyl (C=O) groups excluding carboxylic acids is 1. The molecule has 7 heteroatoms. The lowest BCUT2D eigenvalue weighted by atomic mass is 10.2. The Labute approximate surface area is 167 Å². The van der Waals surface area contributed by atoms with E-state index < -0.39 is 5.91 Å². The van der Waals surface area contributed by atoms with E-state index in [0.29, 0.717) is 18.7 Å². The van der Waals surface area contributed by atoms with Crippen LogP contribution in [-0.2, 0) is 6.54 Å². The Hall–Kier alpha value is -3.74. The number of carbonyl (C=O) groups is 1. The van der Waals surface area contributed by atoms with Gasteiger partial charge in [-0.1, -0.05) is 30.3 Å². The minimum absolute atomic E-state index is 0.104. The minimum Gasteiger partial charge on any atom is -0.350 e. The van der Waals surface area contributed by atoms with Crippen LogP contribution in [0.4, 0.5) is 0 Å². The van der Waals surface area contributed by atoms with Crippen molar-refractivity contribution in [2.75, 3.05) is 6.54 Å². The molecule has 146 valence electrons. The fourth-order valence-electron chi connectivity index (χ4n) is 3.26. The second kappa shape index (κ2) is 8.10. The summed E-state index contributed by atoms with van der Waals surface area (Å²) < 4.78 is 3.65. The third-order valence-corrected chi connectivity index (χ3v) is 4.71. The SMILES string of the molecule is Cc1cc(=O)c(C(=O)NCCCn2cnc3ccccc32)nn1-c1ccccc1. The van der Waals surface area contributed by atoms with Crippen molar-refractivity contribution < 1.29 is 4.79 Å². The van der Waals surface area contributed by atoms with Gasteiger partial charge in [0.15, 0.2) is 5.69 Å². The highest BCUT2D eigenvalue weighted by molar-refractivity contribution is 5.92. The molecule has 29 heavy (non-hydrogen) atoms. The van der Waals surface area contributed by atoms with E-state index in [2.05, 4.69) is 15.4 Å². The Bertz CT molecular complexity index is 1210. The summed E-state index contributed by atoms with van der Waals surface area (Å²) in [5, 5.41) is 7.09. The standard InChI is InChI=1S/C22H21N5O2/c1-16-14-20(28)21(25-27(16)17-8-3-2-4-9-17)22(29)23-12-7-13-26-15-24-18-10-5-6-11-19(18)26/h2-6,8-11,14-15H,7,12-13H2,1H3,(H,23,29). The first-order valence-corrected chi connectivity index (χ1v) is 9.48. The van der Waals surface area contributed by atoms with Crippen molar-refractivity contribution in [2.45, 2.75) is 19.9 Å². The number of hydrogen-bond donors (Lipinski definition) is 1. The lowest BCUT2D eigenvalue weighted by Gasteiger charge is -2.11. The van der Waals surface area contributed by atoms with Crippen molar-refractivity contribution >= 4 is 16.9 Å². The Morgan fingerprint density at radius 2 is 1.83 bits per heavy atom.